The first kappa shape index (κ1) is 19.9. The van der Waals surface area contributed by atoms with Crippen LogP contribution in [0.1, 0.15) is 52.5 Å². The number of amides is 1. The van der Waals surface area contributed by atoms with E-state index in [1.54, 1.807) is 4.68 Å². The number of nitrogens with zero attached hydrogens (tertiary/aromatic N) is 5. The van der Waals surface area contributed by atoms with Gasteiger partial charge in [0.05, 0.1) is 10.9 Å². The highest BCUT2D eigenvalue weighted by molar-refractivity contribution is 8.00. The fourth-order valence-electron chi connectivity index (χ4n) is 3.72. The first-order chi connectivity index (χ1) is 12.8. The van der Waals surface area contributed by atoms with Crippen molar-refractivity contribution in [2.24, 2.45) is 11.8 Å². The van der Waals surface area contributed by atoms with E-state index in [1.807, 2.05) is 24.0 Å². The first-order valence-corrected chi connectivity index (χ1v) is 10.6. The van der Waals surface area contributed by atoms with Gasteiger partial charge >= 0.3 is 0 Å². The molecule has 3 atom stereocenters. The van der Waals surface area contributed by atoms with Gasteiger partial charge in [0, 0.05) is 13.1 Å². The number of likely N-dealkylation sites (tertiary alicyclic amines) is 1. The number of thioether (sulfide) groups is 1. The van der Waals surface area contributed by atoms with Gasteiger partial charge in [-0.3, -0.25) is 4.79 Å². The van der Waals surface area contributed by atoms with Gasteiger partial charge in [0.15, 0.2) is 0 Å². The number of hydrogen-bond donors (Lipinski definition) is 0. The van der Waals surface area contributed by atoms with E-state index in [0.29, 0.717) is 22.9 Å². The fraction of sp³-hybridized carbons (Fsp3) is 0.600. The molecule has 2 heterocycles. The van der Waals surface area contributed by atoms with Crippen molar-refractivity contribution in [3.8, 4) is 5.69 Å². The minimum Gasteiger partial charge on any atom is -0.341 e. The minimum absolute atomic E-state index is 0.170. The highest BCUT2D eigenvalue weighted by Crippen LogP contribution is 2.27. The second-order valence-electron chi connectivity index (χ2n) is 8.07. The number of carbonyl (C=O) groups excluding carboxylic acids is 1. The molecule has 0 saturated carbocycles. The summed E-state index contributed by atoms with van der Waals surface area (Å²) in [6.07, 6.45) is 1.19. The van der Waals surface area contributed by atoms with Gasteiger partial charge in [-0.2, -0.15) is 4.68 Å². The van der Waals surface area contributed by atoms with Gasteiger partial charge in [0.2, 0.25) is 11.1 Å². The molecule has 6 nitrogen and oxygen atoms in total. The standard InChI is InChI=1S/C20H29N5OS/c1-13(2)17-6-8-18(9-7-17)25-20(21-22-23-25)27-16(5)19(26)24-11-14(3)10-15(4)12-24/h6-9,13-16H,10-12H2,1-5H3. The summed E-state index contributed by atoms with van der Waals surface area (Å²) in [4.78, 5) is 14.9. The Kier molecular flexibility index (Phi) is 6.19. The van der Waals surface area contributed by atoms with Crippen LogP contribution >= 0.6 is 11.8 Å². The Labute approximate surface area is 165 Å². The number of rotatable bonds is 5. The van der Waals surface area contributed by atoms with E-state index < -0.39 is 0 Å². The fourth-order valence-corrected chi connectivity index (χ4v) is 4.61. The lowest BCUT2D eigenvalue weighted by Crippen LogP contribution is -2.45. The second kappa shape index (κ2) is 8.42. The number of benzene rings is 1. The molecule has 1 aromatic heterocycles. The molecule has 0 radical (unpaired) electrons. The molecule has 1 aliphatic heterocycles. The van der Waals surface area contributed by atoms with Crippen LogP contribution in [0.2, 0.25) is 0 Å². The number of hydrogen-bond acceptors (Lipinski definition) is 5. The zero-order chi connectivity index (χ0) is 19.6. The maximum atomic E-state index is 12.9. The van der Waals surface area contributed by atoms with Crippen LogP contribution in [0, 0.1) is 11.8 Å². The van der Waals surface area contributed by atoms with E-state index >= 15 is 0 Å². The normalized spacial score (nSPS) is 21.5. The Morgan fingerprint density at radius 1 is 1.11 bits per heavy atom. The van der Waals surface area contributed by atoms with Gasteiger partial charge in [0.1, 0.15) is 0 Å². The summed E-state index contributed by atoms with van der Waals surface area (Å²) in [7, 11) is 0. The van der Waals surface area contributed by atoms with E-state index in [-0.39, 0.29) is 11.2 Å². The molecule has 0 spiro atoms. The van der Waals surface area contributed by atoms with E-state index in [0.717, 1.165) is 18.8 Å². The number of piperidine rings is 1. The van der Waals surface area contributed by atoms with Gasteiger partial charge in [-0.25, -0.2) is 0 Å². The molecule has 1 fully saturated rings. The molecule has 0 bridgehead atoms. The highest BCUT2D eigenvalue weighted by Gasteiger charge is 2.29. The molecule has 1 saturated heterocycles. The maximum absolute atomic E-state index is 12.9. The summed E-state index contributed by atoms with van der Waals surface area (Å²) in [6, 6.07) is 8.24. The molecular weight excluding hydrogens is 358 g/mol. The molecular formula is C20H29N5OS. The van der Waals surface area contributed by atoms with Crippen LogP contribution in [0.5, 0.6) is 0 Å². The zero-order valence-electron chi connectivity index (χ0n) is 16.8. The third-order valence-corrected chi connectivity index (χ3v) is 6.08. The van der Waals surface area contributed by atoms with E-state index in [1.165, 1.54) is 23.7 Å². The Hall–Kier alpha value is -1.89. The first-order valence-electron chi connectivity index (χ1n) is 9.69. The van der Waals surface area contributed by atoms with Crippen molar-refractivity contribution in [3.05, 3.63) is 29.8 Å². The maximum Gasteiger partial charge on any atom is 0.235 e. The van der Waals surface area contributed by atoms with Crippen molar-refractivity contribution in [1.82, 2.24) is 25.1 Å². The molecule has 1 amide bonds. The molecule has 3 rings (SSSR count). The van der Waals surface area contributed by atoms with Crippen molar-refractivity contribution in [1.29, 1.82) is 0 Å². The Bertz CT molecular complexity index is 763. The largest absolute Gasteiger partial charge is 0.341 e. The molecule has 0 aliphatic carbocycles. The molecule has 0 N–H and O–H groups in total. The molecule has 146 valence electrons. The van der Waals surface area contributed by atoms with Gasteiger partial charge in [-0.15, -0.1) is 5.10 Å². The average molecular weight is 388 g/mol. The van der Waals surface area contributed by atoms with Crippen molar-refractivity contribution < 1.29 is 4.79 Å². The molecule has 2 aromatic rings. The van der Waals surface area contributed by atoms with Crippen LogP contribution in [0.25, 0.3) is 5.69 Å². The summed E-state index contributed by atoms with van der Waals surface area (Å²) < 4.78 is 1.71. The predicted octanol–water partition coefficient (Wildman–Crippen LogP) is 3.77. The average Bonchev–Trinajstić information content (AvgIpc) is 3.08. The van der Waals surface area contributed by atoms with Gasteiger partial charge in [0.25, 0.3) is 0 Å². The Morgan fingerprint density at radius 3 is 2.33 bits per heavy atom. The van der Waals surface area contributed by atoms with Crippen molar-refractivity contribution in [3.63, 3.8) is 0 Å². The number of aromatic nitrogens is 4. The summed E-state index contributed by atoms with van der Waals surface area (Å²) in [5, 5.41) is 12.5. The summed E-state index contributed by atoms with van der Waals surface area (Å²) in [6.45, 7) is 12.4. The van der Waals surface area contributed by atoms with Gasteiger partial charge in [-0.05, 0) is 59.2 Å². The van der Waals surface area contributed by atoms with Crippen LogP contribution in [-0.2, 0) is 4.79 Å². The second-order valence-corrected chi connectivity index (χ2v) is 9.38. The highest BCUT2D eigenvalue weighted by atomic mass is 32.2. The van der Waals surface area contributed by atoms with Gasteiger partial charge < -0.3 is 4.90 Å². The van der Waals surface area contributed by atoms with E-state index in [4.69, 9.17) is 0 Å². The third-order valence-electron chi connectivity index (χ3n) is 5.06. The van der Waals surface area contributed by atoms with Crippen LogP contribution in [-0.4, -0.2) is 49.4 Å². The smallest absolute Gasteiger partial charge is 0.235 e. The van der Waals surface area contributed by atoms with Crippen LogP contribution in [0.3, 0.4) is 0 Å². The topological polar surface area (TPSA) is 63.9 Å². The lowest BCUT2D eigenvalue weighted by Gasteiger charge is -2.36. The van der Waals surface area contributed by atoms with Crippen LogP contribution in [0.4, 0.5) is 0 Å². The van der Waals surface area contributed by atoms with Crippen molar-refractivity contribution in [2.45, 2.75) is 57.4 Å². The molecule has 1 aromatic carbocycles. The molecule has 1 aliphatic rings. The zero-order valence-corrected chi connectivity index (χ0v) is 17.6. The molecule has 7 heteroatoms. The monoisotopic (exact) mass is 387 g/mol. The van der Waals surface area contributed by atoms with Crippen molar-refractivity contribution >= 4 is 17.7 Å². The molecule has 3 unspecified atom stereocenters. The van der Waals surface area contributed by atoms with Crippen molar-refractivity contribution in [2.75, 3.05) is 13.1 Å². The SMILES string of the molecule is CC1CC(C)CN(C(=O)C(C)Sc2nnnn2-c2ccc(C(C)C)cc2)C1. The number of carbonyl (C=O) groups is 1. The molecule has 27 heavy (non-hydrogen) atoms. The lowest BCUT2D eigenvalue weighted by atomic mass is 9.92. The Balaban J connectivity index is 1.71. The van der Waals surface area contributed by atoms with Crippen LogP contribution in [0.15, 0.2) is 29.4 Å². The summed E-state index contributed by atoms with van der Waals surface area (Å²) in [5.41, 5.74) is 2.18. The van der Waals surface area contributed by atoms with Gasteiger partial charge in [-0.1, -0.05) is 51.6 Å². The summed E-state index contributed by atoms with van der Waals surface area (Å²) in [5.74, 6) is 1.76. The van der Waals surface area contributed by atoms with Crippen LogP contribution < -0.4 is 0 Å². The quantitative estimate of drug-likeness (QED) is 0.731. The third kappa shape index (κ3) is 4.69. The number of tetrazole rings is 1. The lowest BCUT2D eigenvalue weighted by molar-refractivity contribution is -0.132. The minimum atomic E-state index is -0.220. The van der Waals surface area contributed by atoms with E-state index in [9.17, 15) is 4.79 Å². The summed E-state index contributed by atoms with van der Waals surface area (Å²) >= 11 is 1.42. The van der Waals surface area contributed by atoms with E-state index in [2.05, 4.69) is 55.4 Å². The Morgan fingerprint density at radius 2 is 1.74 bits per heavy atom. The predicted molar refractivity (Wildman–Crippen MR) is 108 cm³/mol.